The number of methoxy groups -OCH3 is 1. The Morgan fingerprint density at radius 1 is 1.33 bits per heavy atom. The molecule has 1 atom stereocenters. The van der Waals surface area contributed by atoms with Crippen LogP contribution in [0.3, 0.4) is 0 Å². The van der Waals surface area contributed by atoms with Crippen LogP contribution in [0.5, 0.6) is 5.75 Å². The van der Waals surface area contributed by atoms with Crippen molar-refractivity contribution in [2.75, 3.05) is 12.4 Å². The summed E-state index contributed by atoms with van der Waals surface area (Å²) >= 11 is 0. The fourth-order valence-electron chi connectivity index (χ4n) is 3.67. The zero-order chi connectivity index (χ0) is 18.6. The first kappa shape index (κ1) is 17.3. The second-order valence-electron chi connectivity index (χ2n) is 6.76. The summed E-state index contributed by atoms with van der Waals surface area (Å²) in [7, 11) is 1.68. The van der Waals surface area contributed by atoms with Crippen LogP contribution < -0.4 is 10.1 Å². The maximum atomic E-state index is 12.5. The summed E-state index contributed by atoms with van der Waals surface area (Å²) < 4.78 is 7.00. The predicted molar refractivity (Wildman–Crippen MR) is 103 cm³/mol. The number of amides is 1. The van der Waals surface area contributed by atoms with Gasteiger partial charge < -0.3 is 10.1 Å². The normalized spacial score (nSPS) is 15.8. The molecule has 0 spiro atoms. The van der Waals surface area contributed by atoms with Gasteiger partial charge in [0.05, 0.1) is 19.0 Å². The molecule has 0 bridgehead atoms. The lowest BCUT2D eigenvalue weighted by Crippen LogP contribution is -2.19. The van der Waals surface area contributed by atoms with Crippen molar-refractivity contribution in [1.29, 1.82) is 0 Å². The predicted octanol–water partition coefficient (Wildman–Crippen LogP) is 3.72. The van der Waals surface area contributed by atoms with E-state index < -0.39 is 0 Å². The lowest BCUT2D eigenvalue weighted by molar-refractivity contribution is -0.116. The molecule has 0 saturated carbocycles. The average Bonchev–Trinajstić information content (AvgIpc) is 3.23. The third-order valence-electron chi connectivity index (χ3n) is 4.99. The van der Waals surface area contributed by atoms with E-state index >= 15 is 0 Å². The van der Waals surface area contributed by atoms with Gasteiger partial charge in [-0.25, -0.2) is 9.67 Å². The zero-order valence-electron chi connectivity index (χ0n) is 15.3. The maximum absolute atomic E-state index is 12.5. The van der Waals surface area contributed by atoms with Gasteiger partial charge in [0.2, 0.25) is 5.91 Å². The van der Waals surface area contributed by atoms with E-state index in [-0.39, 0.29) is 11.8 Å². The summed E-state index contributed by atoms with van der Waals surface area (Å²) in [4.78, 5) is 16.9. The monoisotopic (exact) mass is 362 g/mol. The van der Waals surface area contributed by atoms with Crippen LogP contribution in [-0.4, -0.2) is 27.8 Å². The van der Waals surface area contributed by atoms with Crippen molar-refractivity contribution in [2.45, 2.75) is 31.6 Å². The standard InChI is InChI=1S/C21H22N4O2/c1-27-18-7-8-19-15(12-18)4-2-5-16(19)13-21(26)24-17-6-9-20(22-14-17)25-11-3-10-23-25/h3,6-12,14,16H,2,4-5,13H2,1H3,(H,24,26). The molecular formula is C21H22N4O2. The van der Waals surface area contributed by atoms with Crippen molar-refractivity contribution >= 4 is 11.6 Å². The topological polar surface area (TPSA) is 69.0 Å². The third-order valence-corrected chi connectivity index (χ3v) is 4.99. The summed E-state index contributed by atoms with van der Waals surface area (Å²) in [6.07, 6.45) is 8.84. The number of pyridine rings is 1. The maximum Gasteiger partial charge on any atom is 0.225 e. The molecule has 0 fully saturated rings. The number of rotatable bonds is 5. The minimum absolute atomic E-state index is 0.0114. The Balaban J connectivity index is 1.41. The van der Waals surface area contributed by atoms with E-state index in [0.717, 1.165) is 25.0 Å². The van der Waals surface area contributed by atoms with Crippen LogP contribution in [0.1, 0.15) is 36.3 Å². The molecule has 4 rings (SSSR count). The number of nitrogens with zero attached hydrogens (tertiary/aromatic N) is 3. The Bertz CT molecular complexity index is 920. The molecule has 0 radical (unpaired) electrons. The van der Waals surface area contributed by atoms with Gasteiger partial charge in [-0.15, -0.1) is 0 Å². The molecule has 0 saturated heterocycles. The first-order valence-corrected chi connectivity index (χ1v) is 9.15. The van der Waals surface area contributed by atoms with Crippen molar-refractivity contribution < 1.29 is 9.53 Å². The third kappa shape index (κ3) is 3.84. The molecule has 1 N–H and O–H groups in total. The van der Waals surface area contributed by atoms with Gasteiger partial charge in [0.25, 0.3) is 0 Å². The molecule has 1 amide bonds. The zero-order valence-corrected chi connectivity index (χ0v) is 15.3. The van der Waals surface area contributed by atoms with Gasteiger partial charge >= 0.3 is 0 Å². The van der Waals surface area contributed by atoms with Crippen molar-refractivity contribution in [3.63, 3.8) is 0 Å². The lowest BCUT2D eigenvalue weighted by atomic mass is 9.81. The number of fused-ring (bicyclic) bond motifs is 1. The van der Waals surface area contributed by atoms with Gasteiger partial charge in [-0.1, -0.05) is 6.07 Å². The van der Waals surface area contributed by atoms with Gasteiger partial charge in [0.1, 0.15) is 5.75 Å². The van der Waals surface area contributed by atoms with Crippen LogP contribution >= 0.6 is 0 Å². The van der Waals surface area contributed by atoms with E-state index in [2.05, 4.69) is 27.5 Å². The molecule has 3 aromatic rings. The first-order valence-electron chi connectivity index (χ1n) is 9.15. The van der Waals surface area contributed by atoms with E-state index in [1.807, 2.05) is 30.5 Å². The number of nitrogens with one attached hydrogen (secondary N) is 1. The van der Waals surface area contributed by atoms with Gasteiger partial charge in [-0.2, -0.15) is 5.10 Å². The SMILES string of the molecule is COc1ccc2c(c1)CCCC2CC(=O)Nc1ccc(-n2cccn2)nc1. The molecule has 6 heteroatoms. The highest BCUT2D eigenvalue weighted by atomic mass is 16.5. The van der Waals surface area contributed by atoms with Gasteiger partial charge in [-0.3, -0.25) is 4.79 Å². The second kappa shape index (κ2) is 7.61. The van der Waals surface area contributed by atoms with Crippen LogP contribution in [0.2, 0.25) is 0 Å². The molecule has 1 unspecified atom stereocenters. The molecule has 2 heterocycles. The molecule has 0 aliphatic heterocycles. The second-order valence-corrected chi connectivity index (χ2v) is 6.76. The summed E-state index contributed by atoms with van der Waals surface area (Å²) in [5.74, 6) is 1.85. The van der Waals surface area contributed by atoms with E-state index in [4.69, 9.17) is 4.74 Å². The number of aromatic nitrogens is 3. The van der Waals surface area contributed by atoms with E-state index in [0.29, 0.717) is 17.9 Å². The Morgan fingerprint density at radius 3 is 3.00 bits per heavy atom. The number of benzene rings is 1. The van der Waals surface area contributed by atoms with Gasteiger partial charge in [0, 0.05) is 18.8 Å². The van der Waals surface area contributed by atoms with E-state index in [1.54, 1.807) is 24.2 Å². The molecule has 6 nitrogen and oxygen atoms in total. The van der Waals surface area contributed by atoms with Gasteiger partial charge in [-0.05, 0) is 66.6 Å². The van der Waals surface area contributed by atoms with Crippen LogP contribution in [0.15, 0.2) is 55.0 Å². The number of carbonyl (C=O) groups excluding carboxylic acids is 1. The molecule has 2 aromatic heterocycles. The summed E-state index contributed by atoms with van der Waals surface area (Å²) in [5.41, 5.74) is 3.26. The summed E-state index contributed by atoms with van der Waals surface area (Å²) in [6, 6.07) is 11.7. The quantitative estimate of drug-likeness (QED) is 0.751. The minimum Gasteiger partial charge on any atom is -0.497 e. The number of ether oxygens (including phenoxy) is 1. The van der Waals surface area contributed by atoms with Crippen LogP contribution in [0.4, 0.5) is 5.69 Å². The number of hydrogen-bond acceptors (Lipinski definition) is 4. The number of hydrogen-bond donors (Lipinski definition) is 1. The molecule has 138 valence electrons. The number of aryl methyl sites for hydroxylation is 1. The van der Waals surface area contributed by atoms with Crippen molar-refractivity contribution in [3.8, 4) is 11.6 Å². The van der Waals surface area contributed by atoms with Gasteiger partial charge in [0.15, 0.2) is 5.82 Å². The number of anilines is 1. The molecule has 1 aliphatic carbocycles. The Morgan fingerprint density at radius 2 is 2.26 bits per heavy atom. The minimum atomic E-state index is 0.0114. The molecule has 1 aromatic carbocycles. The van der Waals surface area contributed by atoms with Crippen LogP contribution in [0, 0.1) is 0 Å². The van der Waals surface area contributed by atoms with Crippen molar-refractivity contribution in [2.24, 2.45) is 0 Å². The average molecular weight is 362 g/mol. The first-order chi connectivity index (χ1) is 13.2. The van der Waals surface area contributed by atoms with Crippen molar-refractivity contribution in [1.82, 2.24) is 14.8 Å². The van der Waals surface area contributed by atoms with Crippen LogP contribution in [0.25, 0.3) is 5.82 Å². The largest absolute Gasteiger partial charge is 0.497 e. The lowest BCUT2D eigenvalue weighted by Gasteiger charge is -2.25. The highest BCUT2D eigenvalue weighted by molar-refractivity contribution is 5.91. The Hall–Kier alpha value is -3.15. The highest BCUT2D eigenvalue weighted by Gasteiger charge is 2.23. The van der Waals surface area contributed by atoms with E-state index in [9.17, 15) is 4.79 Å². The van der Waals surface area contributed by atoms with Crippen LogP contribution in [-0.2, 0) is 11.2 Å². The number of carbonyl (C=O) groups is 1. The van der Waals surface area contributed by atoms with Crippen molar-refractivity contribution in [3.05, 3.63) is 66.1 Å². The van der Waals surface area contributed by atoms with E-state index in [1.165, 1.54) is 11.1 Å². The smallest absolute Gasteiger partial charge is 0.225 e. The molecule has 1 aliphatic rings. The highest BCUT2D eigenvalue weighted by Crippen LogP contribution is 2.36. The summed E-state index contributed by atoms with van der Waals surface area (Å²) in [5, 5.41) is 7.11. The molecule has 27 heavy (non-hydrogen) atoms. The Kier molecular flexibility index (Phi) is 4.87. The fourth-order valence-corrected chi connectivity index (χ4v) is 3.67. The fraction of sp³-hybridized carbons (Fsp3) is 0.286. The Labute approximate surface area is 158 Å². The molecular weight excluding hydrogens is 340 g/mol. The summed E-state index contributed by atoms with van der Waals surface area (Å²) in [6.45, 7) is 0.